The van der Waals surface area contributed by atoms with E-state index in [-0.39, 0.29) is 5.59 Å². The molecule has 0 aliphatic heterocycles. The Bertz CT molecular complexity index is 147. The summed E-state index contributed by atoms with van der Waals surface area (Å²) in [5.41, 5.74) is 0.252. The molecular formula is C3HBFNS. The zero-order valence-corrected chi connectivity index (χ0v) is 4.20. The maximum Gasteiger partial charge on any atom is 0.268 e. The van der Waals surface area contributed by atoms with Gasteiger partial charge in [-0.05, 0) is 0 Å². The van der Waals surface area contributed by atoms with Crippen molar-refractivity contribution >= 4 is 24.8 Å². The number of rotatable bonds is 0. The summed E-state index contributed by atoms with van der Waals surface area (Å²) in [7, 11) is 5.04. The second kappa shape index (κ2) is 1.62. The van der Waals surface area contributed by atoms with Crippen LogP contribution < -0.4 is 5.59 Å². The molecule has 1 heterocycles. The highest BCUT2D eigenvalue weighted by atomic mass is 32.1. The van der Waals surface area contributed by atoms with E-state index in [9.17, 15) is 4.39 Å². The smallest absolute Gasteiger partial charge is 0.226 e. The van der Waals surface area contributed by atoms with Gasteiger partial charge in [0.15, 0.2) is 0 Å². The monoisotopic (exact) mass is 113 g/mol. The lowest BCUT2D eigenvalue weighted by atomic mass is 10.1. The van der Waals surface area contributed by atoms with Gasteiger partial charge in [-0.15, -0.1) is 0 Å². The van der Waals surface area contributed by atoms with Crippen LogP contribution >= 0.6 is 11.3 Å². The van der Waals surface area contributed by atoms with E-state index in [1.165, 1.54) is 5.38 Å². The highest BCUT2D eigenvalue weighted by molar-refractivity contribution is 7.08. The first kappa shape index (κ1) is 4.78. The summed E-state index contributed by atoms with van der Waals surface area (Å²) >= 11 is 0.902. The van der Waals surface area contributed by atoms with Crippen LogP contribution in [-0.4, -0.2) is 12.8 Å². The summed E-state index contributed by atoms with van der Waals surface area (Å²) in [6.07, 6.45) is 0. The third-order valence-corrected chi connectivity index (χ3v) is 1.14. The Morgan fingerprint density at radius 1 is 1.86 bits per heavy atom. The molecule has 4 heteroatoms. The summed E-state index contributed by atoms with van der Waals surface area (Å²) in [5, 5.41) is 0.979. The van der Waals surface area contributed by atoms with E-state index in [0.717, 1.165) is 11.3 Å². The lowest BCUT2D eigenvalue weighted by Gasteiger charge is -1.67. The molecule has 1 nitrogen and oxygen atoms in total. The van der Waals surface area contributed by atoms with Gasteiger partial charge in [0, 0.05) is 11.0 Å². The van der Waals surface area contributed by atoms with Crippen LogP contribution in [-0.2, 0) is 0 Å². The third-order valence-electron chi connectivity index (χ3n) is 0.494. The van der Waals surface area contributed by atoms with Crippen LogP contribution in [0.3, 0.4) is 0 Å². The van der Waals surface area contributed by atoms with Crippen LogP contribution in [0.25, 0.3) is 0 Å². The van der Waals surface area contributed by atoms with Crippen molar-refractivity contribution in [1.82, 2.24) is 4.98 Å². The molecule has 0 aliphatic carbocycles. The van der Waals surface area contributed by atoms with Gasteiger partial charge in [-0.3, -0.25) is 0 Å². The molecule has 1 aromatic rings. The summed E-state index contributed by atoms with van der Waals surface area (Å²) in [6.45, 7) is 0. The van der Waals surface area contributed by atoms with E-state index in [0.29, 0.717) is 0 Å². The molecule has 7 heavy (non-hydrogen) atoms. The first-order valence-corrected chi connectivity index (χ1v) is 2.53. The SMILES string of the molecule is [B]c1csc(F)n1. The van der Waals surface area contributed by atoms with Crippen molar-refractivity contribution < 1.29 is 4.39 Å². The third kappa shape index (κ3) is 0.994. The maximum absolute atomic E-state index is 11.8. The normalized spacial score (nSPS) is 9.29. The van der Waals surface area contributed by atoms with Gasteiger partial charge in [0.05, 0.1) is 0 Å². The topological polar surface area (TPSA) is 12.9 Å². The van der Waals surface area contributed by atoms with Crippen molar-refractivity contribution in [3.8, 4) is 0 Å². The van der Waals surface area contributed by atoms with Crippen LogP contribution in [0.4, 0.5) is 4.39 Å². The molecule has 0 unspecified atom stereocenters. The first-order valence-electron chi connectivity index (χ1n) is 1.65. The molecule has 1 rings (SSSR count). The summed E-state index contributed by atoms with van der Waals surface area (Å²) in [5.74, 6) is 0. The van der Waals surface area contributed by atoms with Crippen LogP contribution in [0.5, 0.6) is 0 Å². The second-order valence-corrected chi connectivity index (χ2v) is 1.83. The molecule has 0 spiro atoms. The molecule has 34 valence electrons. The molecule has 0 saturated carbocycles. The van der Waals surface area contributed by atoms with E-state index in [2.05, 4.69) is 4.98 Å². The van der Waals surface area contributed by atoms with Gasteiger partial charge in [-0.1, -0.05) is 11.3 Å². The van der Waals surface area contributed by atoms with Crippen molar-refractivity contribution in [2.75, 3.05) is 0 Å². The number of aromatic nitrogens is 1. The molecule has 2 radical (unpaired) electrons. The minimum absolute atomic E-state index is 0.252. The quantitative estimate of drug-likeness (QED) is 0.434. The Kier molecular flexibility index (Phi) is 1.10. The van der Waals surface area contributed by atoms with Crippen LogP contribution in [0.15, 0.2) is 5.38 Å². The lowest BCUT2D eigenvalue weighted by Crippen LogP contribution is -2.00. The predicted octanol–water partition coefficient (Wildman–Crippen LogP) is 0.0760. The Labute approximate surface area is 45.6 Å². The van der Waals surface area contributed by atoms with Crippen LogP contribution in [0.1, 0.15) is 0 Å². The number of hydrogen-bond acceptors (Lipinski definition) is 2. The molecule has 0 atom stereocenters. The van der Waals surface area contributed by atoms with Crippen LogP contribution in [0, 0.1) is 5.26 Å². The Hall–Kier alpha value is -0.375. The van der Waals surface area contributed by atoms with E-state index < -0.39 is 5.26 Å². The largest absolute Gasteiger partial charge is 0.268 e. The van der Waals surface area contributed by atoms with Crippen molar-refractivity contribution in [2.24, 2.45) is 0 Å². The molecule has 1 aromatic heterocycles. The van der Waals surface area contributed by atoms with Crippen molar-refractivity contribution in [2.45, 2.75) is 0 Å². The summed E-state index contributed by atoms with van der Waals surface area (Å²) in [6, 6.07) is 0. The average Bonchev–Trinajstić information content (AvgIpc) is 1.87. The fourth-order valence-corrected chi connectivity index (χ4v) is 0.692. The van der Waals surface area contributed by atoms with E-state index in [1.54, 1.807) is 0 Å². The number of thiazole rings is 1. The van der Waals surface area contributed by atoms with Gasteiger partial charge in [-0.25, -0.2) is 4.98 Å². The molecule has 0 bridgehead atoms. The highest BCUT2D eigenvalue weighted by Gasteiger charge is 1.90. The average molecular weight is 113 g/mol. The zero-order valence-electron chi connectivity index (χ0n) is 3.39. The molecule has 0 aliphatic rings. The van der Waals surface area contributed by atoms with E-state index in [4.69, 9.17) is 7.85 Å². The lowest BCUT2D eigenvalue weighted by molar-refractivity contribution is 0.619. The Morgan fingerprint density at radius 3 is 2.71 bits per heavy atom. The van der Waals surface area contributed by atoms with Gasteiger partial charge in [0.2, 0.25) is 0 Å². The van der Waals surface area contributed by atoms with Gasteiger partial charge < -0.3 is 0 Å². The maximum atomic E-state index is 11.8. The van der Waals surface area contributed by atoms with Crippen molar-refractivity contribution in [3.63, 3.8) is 0 Å². The molecule has 0 amide bonds. The van der Waals surface area contributed by atoms with Gasteiger partial charge >= 0.3 is 0 Å². The van der Waals surface area contributed by atoms with Crippen LogP contribution in [0.2, 0.25) is 0 Å². The van der Waals surface area contributed by atoms with E-state index in [1.807, 2.05) is 0 Å². The summed E-state index contributed by atoms with van der Waals surface area (Å²) < 4.78 is 11.8. The number of hydrogen-bond donors (Lipinski definition) is 0. The van der Waals surface area contributed by atoms with Gasteiger partial charge in [0.1, 0.15) is 7.85 Å². The number of halogens is 1. The van der Waals surface area contributed by atoms with Gasteiger partial charge in [0.25, 0.3) is 5.26 Å². The molecule has 0 fully saturated rings. The zero-order chi connectivity index (χ0) is 5.28. The fraction of sp³-hybridized carbons (Fsp3) is 0. The van der Waals surface area contributed by atoms with Crippen molar-refractivity contribution in [3.05, 3.63) is 10.6 Å². The molecule has 0 saturated heterocycles. The Morgan fingerprint density at radius 2 is 2.57 bits per heavy atom. The van der Waals surface area contributed by atoms with E-state index >= 15 is 0 Å². The summed E-state index contributed by atoms with van der Waals surface area (Å²) in [4.78, 5) is 3.24. The minimum Gasteiger partial charge on any atom is -0.226 e. The molecular weight excluding hydrogens is 112 g/mol. The highest BCUT2D eigenvalue weighted by Crippen LogP contribution is 1.95. The Balaban J connectivity index is 3.04. The molecule has 0 aromatic carbocycles. The van der Waals surface area contributed by atoms with Gasteiger partial charge in [-0.2, -0.15) is 4.39 Å². The minimum atomic E-state index is -0.475. The number of nitrogens with zero attached hydrogens (tertiary/aromatic N) is 1. The second-order valence-electron chi connectivity index (χ2n) is 1.03. The predicted molar refractivity (Wildman–Crippen MR) is 27.5 cm³/mol. The fourth-order valence-electron chi connectivity index (χ4n) is 0.263. The standard InChI is InChI=1S/C3HBFNS/c4-2-1-7-3(5)6-2/h1H. The molecule has 0 N–H and O–H groups in total. The van der Waals surface area contributed by atoms with Crippen molar-refractivity contribution in [1.29, 1.82) is 0 Å². The first-order chi connectivity index (χ1) is 3.29.